The highest BCUT2D eigenvalue weighted by Crippen LogP contribution is 2.33. The number of phenols is 1. The number of methoxy groups -OCH3 is 1. The molecule has 0 aromatic heterocycles. The molecule has 2 aromatic rings. The molecule has 4 nitrogen and oxygen atoms in total. The minimum atomic E-state index is -0.312. The Bertz CT molecular complexity index is 724. The Morgan fingerprint density at radius 3 is 2.91 bits per heavy atom. The van der Waals surface area contributed by atoms with Gasteiger partial charge < -0.3 is 15.2 Å². The van der Waals surface area contributed by atoms with Gasteiger partial charge in [-0.15, -0.1) is 0 Å². The summed E-state index contributed by atoms with van der Waals surface area (Å²) in [6.07, 6.45) is 1.83. The summed E-state index contributed by atoms with van der Waals surface area (Å²) >= 11 is 0. The lowest BCUT2D eigenvalue weighted by Crippen LogP contribution is -2.27. The average molecular weight is 297 g/mol. The Kier molecular flexibility index (Phi) is 3.75. The Labute approximate surface area is 129 Å². The number of rotatable bonds is 3. The van der Waals surface area contributed by atoms with Gasteiger partial charge in [-0.3, -0.25) is 4.79 Å². The van der Waals surface area contributed by atoms with Crippen molar-refractivity contribution < 1.29 is 14.6 Å². The van der Waals surface area contributed by atoms with E-state index in [1.807, 2.05) is 0 Å². The van der Waals surface area contributed by atoms with Crippen LogP contribution in [0.4, 0.5) is 0 Å². The molecule has 1 amide bonds. The molecule has 0 bridgehead atoms. The number of aryl methyl sites for hydroxylation is 2. The van der Waals surface area contributed by atoms with Crippen molar-refractivity contribution in [1.82, 2.24) is 5.32 Å². The fraction of sp³-hybridized carbons (Fsp3) is 0.278. The summed E-state index contributed by atoms with van der Waals surface area (Å²) in [6.45, 7) is 2.07. The predicted octanol–water partition coefficient (Wildman–Crippen LogP) is 3.13. The lowest BCUT2D eigenvalue weighted by Gasteiger charge is -2.16. The number of amides is 1. The van der Waals surface area contributed by atoms with Gasteiger partial charge in [0.1, 0.15) is 17.1 Å². The molecule has 1 atom stereocenters. The standard InChI is InChI=1S/C18H19NO3/c1-11-6-8-13-12(10-11)7-9-14(13)19-18(21)17-15(20)4-3-5-16(17)22-2/h3-6,8,10,14,20H,7,9H2,1-2H3,(H,19,21)/t14-/m1/s1. The molecule has 22 heavy (non-hydrogen) atoms. The van der Waals surface area contributed by atoms with Gasteiger partial charge in [-0.05, 0) is 43.0 Å². The second-order valence-corrected chi connectivity index (χ2v) is 5.62. The smallest absolute Gasteiger partial charge is 0.259 e. The van der Waals surface area contributed by atoms with E-state index in [1.165, 1.54) is 24.3 Å². The van der Waals surface area contributed by atoms with Gasteiger partial charge in [0.05, 0.1) is 13.2 Å². The van der Waals surface area contributed by atoms with Gasteiger partial charge in [-0.25, -0.2) is 0 Å². The second kappa shape index (κ2) is 5.72. The quantitative estimate of drug-likeness (QED) is 0.915. The first-order valence-corrected chi connectivity index (χ1v) is 7.36. The zero-order valence-corrected chi connectivity index (χ0v) is 12.7. The van der Waals surface area contributed by atoms with Gasteiger partial charge in [0.2, 0.25) is 0 Å². The van der Waals surface area contributed by atoms with Crippen molar-refractivity contribution >= 4 is 5.91 Å². The maximum absolute atomic E-state index is 12.5. The summed E-state index contributed by atoms with van der Waals surface area (Å²) in [7, 11) is 1.49. The van der Waals surface area contributed by atoms with Gasteiger partial charge in [-0.2, -0.15) is 0 Å². The highest BCUT2D eigenvalue weighted by atomic mass is 16.5. The fourth-order valence-corrected chi connectivity index (χ4v) is 3.04. The molecule has 2 aromatic carbocycles. The highest BCUT2D eigenvalue weighted by Gasteiger charge is 2.26. The molecule has 114 valence electrons. The van der Waals surface area contributed by atoms with Crippen molar-refractivity contribution in [2.75, 3.05) is 7.11 Å². The summed E-state index contributed by atoms with van der Waals surface area (Å²) in [5.74, 6) is -0.00743. The number of ether oxygens (including phenoxy) is 1. The van der Waals surface area contributed by atoms with Crippen LogP contribution in [-0.2, 0) is 6.42 Å². The van der Waals surface area contributed by atoms with Crippen LogP contribution in [0.5, 0.6) is 11.5 Å². The van der Waals surface area contributed by atoms with E-state index >= 15 is 0 Å². The average Bonchev–Trinajstić information content (AvgIpc) is 2.88. The SMILES string of the molecule is COc1cccc(O)c1C(=O)N[C@@H]1CCc2cc(C)ccc21. The molecule has 0 heterocycles. The number of carbonyl (C=O) groups excluding carboxylic acids is 1. The van der Waals surface area contributed by atoms with Gasteiger partial charge in [0.25, 0.3) is 5.91 Å². The third kappa shape index (κ3) is 2.52. The number of fused-ring (bicyclic) bond motifs is 1. The van der Waals surface area contributed by atoms with Crippen LogP contribution in [0.15, 0.2) is 36.4 Å². The lowest BCUT2D eigenvalue weighted by molar-refractivity contribution is 0.0931. The summed E-state index contributed by atoms with van der Waals surface area (Å²) in [5.41, 5.74) is 3.86. The molecular weight excluding hydrogens is 278 g/mol. The monoisotopic (exact) mass is 297 g/mol. The first-order chi connectivity index (χ1) is 10.6. The van der Waals surface area contributed by atoms with Gasteiger partial charge in [-0.1, -0.05) is 29.8 Å². The minimum Gasteiger partial charge on any atom is -0.507 e. The number of phenolic OH excluding ortho intramolecular Hbond substituents is 1. The van der Waals surface area contributed by atoms with Crippen molar-refractivity contribution in [3.63, 3.8) is 0 Å². The van der Waals surface area contributed by atoms with Crippen LogP contribution < -0.4 is 10.1 Å². The molecule has 4 heteroatoms. The van der Waals surface area contributed by atoms with Crippen molar-refractivity contribution in [2.45, 2.75) is 25.8 Å². The minimum absolute atomic E-state index is 0.0209. The predicted molar refractivity (Wildman–Crippen MR) is 84.4 cm³/mol. The molecular formula is C18H19NO3. The van der Waals surface area contributed by atoms with Gasteiger partial charge in [0.15, 0.2) is 0 Å². The van der Waals surface area contributed by atoms with Crippen LogP contribution in [0.3, 0.4) is 0 Å². The molecule has 0 spiro atoms. The number of hydrogen-bond donors (Lipinski definition) is 2. The normalized spacial score (nSPS) is 16.2. The maximum Gasteiger partial charge on any atom is 0.259 e. The van der Waals surface area contributed by atoms with Crippen LogP contribution in [0.1, 0.15) is 39.5 Å². The van der Waals surface area contributed by atoms with Gasteiger partial charge in [0, 0.05) is 0 Å². The molecule has 1 aliphatic rings. The van der Waals surface area contributed by atoms with Crippen LogP contribution in [0, 0.1) is 6.92 Å². The third-order valence-corrected chi connectivity index (χ3v) is 4.13. The summed E-state index contributed by atoms with van der Waals surface area (Å²) in [5, 5.41) is 13.0. The second-order valence-electron chi connectivity index (χ2n) is 5.62. The van der Waals surface area contributed by atoms with Crippen LogP contribution in [-0.4, -0.2) is 18.1 Å². The zero-order chi connectivity index (χ0) is 15.7. The lowest BCUT2D eigenvalue weighted by atomic mass is 10.0. The van der Waals surface area contributed by atoms with E-state index in [1.54, 1.807) is 12.1 Å². The first kappa shape index (κ1) is 14.4. The van der Waals surface area contributed by atoms with Crippen LogP contribution >= 0.6 is 0 Å². The fourth-order valence-electron chi connectivity index (χ4n) is 3.04. The van der Waals surface area contributed by atoms with Crippen molar-refractivity contribution in [3.8, 4) is 11.5 Å². The molecule has 3 rings (SSSR count). The summed E-state index contributed by atoms with van der Waals surface area (Å²) in [4.78, 5) is 12.5. The van der Waals surface area contributed by atoms with E-state index in [0.29, 0.717) is 5.75 Å². The Morgan fingerprint density at radius 1 is 1.32 bits per heavy atom. The number of aromatic hydroxyl groups is 1. The Hall–Kier alpha value is -2.49. The van der Waals surface area contributed by atoms with E-state index in [2.05, 4.69) is 30.4 Å². The van der Waals surface area contributed by atoms with E-state index in [9.17, 15) is 9.90 Å². The number of hydrogen-bond acceptors (Lipinski definition) is 3. The number of nitrogens with one attached hydrogen (secondary N) is 1. The maximum atomic E-state index is 12.5. The number of carbonyl (C=O) groups is 1. The molecule has 0 unspecified atom stereocenters. The largest absolute Gasteiger partial charge is 0.507 e. The summed E-state index contributed by atoms with van der Waals surface area (Å²) < 4.78 is 5.18. The van der Waals surface area contributed by atoms with Gasteiger partial charge >= 0.3 is 0 Å². The summed E-state index contributed by atoms with van der Waals surface area (Å²) in [6, 6.07) is 11.1. The first-order valence-electron chi connectivity index (χ1n) is 7.36. The van der Waals surface area contributed by atoms with Crippen LogP contribution in [0.2, 0.25) is 0 Å². The van der Waals surface area contributed by atoms with E-state index < -0.39 is 0 Å². The van der Waals surface area contributed by atoms with Crippen molar-refractivity contribution in [3.05, 3.63) is 58.7 Å². The molecule has 0 radical (unpaired) electrons. The molecule has 2 N–H and O–H groups in total. The molecule has 0 saturated heterocycles. The van der Waals surface area contributed by atoms with Crippen molar-refractivity contribution in [2.24, 2.45) is 0 Å². The highest BCUT2D eigenvalue weighted by molar-refractivity contribution is 5.99. The Balaban J connectivity index is 1.85. The zero-order valence-electron chi connectivity index (χ0n) is 12.7. The van der Waals surface area contributed by atoms with E-state index in [0.717, 1.165) is 18.4 Å². The topological polar surface area (TPSA) is 58.6 Å². The van der Waals surface area contributed by atoms with E-state index in [-0.39, 0.29) is 23.3 Å². The molecule has 0 saturated carbocycles. The van der Waals surface area contributed by atoms with Crippen molar-refractivity contribution in [1.29, 1.82) is 0 Å². The molecule has 0 aliphatic heterocycles. The molecule has 0 fully saturated rings. The number of benzene rings is 2. The Morgan fingerprint density at radius 2 is 2.14 bits per heavy atom. The molecule has 1 aliphatic carbocycles. The third-order valence-electron chi connectivity index (χ3n) is 4.13. The van der Waals surface area contributed by atoms with E-state index in [4.69, 9.17) is 4.74 Å². The van der Waals surface area contributed by atoms with Crippen LogP contribution in [0.25, 0.3) is 0 Å².